The van der Waals surface area contributed by atoms with Gasteiger partial charge in [0.05, 0.1) is 19.5 Å². The summed E-state index contributed by atoms with van der Waals surface area (Å²) in [7, 11) is 0. The number of carbonyl (C=O) groups excluding carboxylic acids is 2. The molecule has 2 aromatic heterocycles. The Morgan fingerprint density at radius 1 is 1.00 bits per heavy atom. The largest absolute Gasteiger partial charge is 0.465 e. The van der Waals surface area contributed by atoms with Crippen molar-refractivity contribution in [2.75, 3.05) is 16.8 Å². The number of rotatable bonds is 9. The van der Waals surface area contributed by atoms with Crippen LogP contribution in [0.1, 0.15) is 103 Å². The number of nitrogens with one attached hydrogen (secondary N) is 1. The van der Waals surface area contributed by atoms with Gasteiger partial charge in [-0.3, -0.25) is 4.79 Å². The Kier molecular flexibility index (Phi) is 9.28. The first kappa shape index (κ1) is 29.8. The van der Waals surface area contributed by atoms with Gasteiger partial charge in [-0.2, -0.15) is 9.97 Å². The summed E-state index contributed by atoms with van der Waals surface area (Å²) in [5.74, 6) is 0.957. The van der Waals surface area contributed by atoms with Crippen LogP contribution in [0.3, 0.4) is 0 Å². The van der Waals surface area contributed by atoms with Crippen LogP contribution in [0.25, 0.3) is 11.2 Å². The van der Waals surface area contributed by atoms with E-state index in [9.17, 15) is 9.59 Å². The van der Waals surface area contributed by atoms with E-state index in [1.165, 1.54) is 42.6 Å². The second-order valence-electron chi connectivity index (χ2n) is 12.5. The van der Waals surface area contributed by atoms with Crippen molar-refractivity contribution in [3.63, 3.8) is 0 Å². The summed E-state index contributed by atoms with van der Waals surface area (Å²) in [5, 5.41) is 3.54. The van der Waals surface area contributed by atoms with Crippen LogP contribution < -0.4 is 10.2 Å². The van der Waals surface area contributed by atoms with Crippen molar-refractivity contribution in [1.82, 2.24) is 19.5 Å². The molecule has 2 heterocycles. The highest BCUT2D eigenvalue weighted by atomic mass is 16.6. The second-order valence-corrected chi connectivity index (χ2v) is 12.5. The van der Waals surface area contributed by atoms with Crippen molar-refractivity contribution in [2.45, 2.75) is 116 Å². The van der Waals surface area contributed by atoms with Crippen molar-refractivity contribution < 1.29 is 19.1 Å². The number of benzene rings is 1. The van der Waals surface area contributed by atoms with Crippen LogP contribution in [0.4, 0.5) is 16.6 Å². The summed E-state index contributed by atoms with van der Waals surface area (Å²) in [6.45, 7) is 7.77. The number of hydrogen-bond donors (Lipinski definition) is 1. The second kappa shape index (κ2) is 13.1. The predicted octanol–water partition coefficient (Wildman–Crippen LogP) is 6.73. The molecule has 2 fully saturated rings. The van der Waals surface area contributed by atoms with Crippen molar-refractivity contribution in [3.8, 4) is 0 Å². The van der Waals surface area contributed by atoms with E-state index in [2.05, 4.69) is 34.6 Å². The smallest absolute Gasteiger partial charge is 0.417 e. The van der Waals surface area contributed by atoms with Gasteiger partial charge in [0.25, 0.3) is 0 Å². The Balaban J connectivity index is 1.51. The van der Waals surface area contributed by atoms with Gasteiger partial charge < -0.3 is 19.4 Å². The standard InChI is InChI=1S/C32H44N6O4/c1-5-41-26(39)20-37-21-33-27-28(34-25-13-9-10-14-25)35-30(36-29(27)37)38(31(40)42-32(2,3)4)19-22-15-17-24(18-16-22)23-11-7-6-8-12-23/h15-18,21,23,25H,5-14,19-20H2,1-4H3,(H,34,35,36). The molecule has 42 heavy (non-hydrogen) atoms. The number of aromatic nitrogens is 4. The summed E-state index contributed by atoms with van der Waals surface area (Å²) in [6, 6.07) is 8.80. The van der Waals surface area contributed by atoms with Gasteiger partial charge in [-0.05, 0) is 70.4 Å². The maximum absolute atomic E-state index is 13.7. The Hall–Kier alpha value is -3.69. The molecule has 2 aliphatic carbocycles. The summed E-state index contributed by atoms with van der Waals surface area (Å²) in [4.78, 5) is 41.7. The zero-order valence-electron chi connectivity index (χ0n) is 25.4. The number of esters is 1. The number of imidazole rings is 1. The Labute approximate surface area is 248 Å². The fourth-order valence-corrected chi connectivity index (χ4v) is 5.93. The zero-order chi connectivity index (χ0) is 29.7. The Bertz CT molecular complexity index is 1370. The highest BCUT2D eigenvalue weighted by molar-refractivity contribution is 5.90. The van der Waals surface area contributed by atoms with E-state index in [1.807, 2.05) is 20.8 Å². The van der Waals surface area contributed by atoms with Gasteiger partial charge in [0.15, 0.2) is 17.0 Å². The Morgan fingerprint density at radius 2 is 1.69 bits per heavy atom. The third-order valence-corrected chi connectivity index (χ3v) is 8.01. The number of fused-ring (bicyclic) bond motifs is 1. The number of nitrogens with zero attached hydrogens (tertiary/aromatic N) is 5. The maximum Gasteiger partial charge on any atom is 0.417 e. The number of anilines is 2. The molecule has 1 N–H and O–H groups in total. The molecule has 2 saturated carbocycles. The molecule has 5 rings (SSSR count). The van der Waals surface area contributed by atoms with Gasteiger partial charge in [0, 0.05) is 6.04 Å². The van der Waals surface area contributed by atoms with Crippen molar-refractivity contribution in [1.29, 1.82) is 0 Å². The minimum atomic E-state index is -0.707. The minimum absolute atomic E-state index is 0.0429. The average molecular weight is 577 g/mol. The Morgan fingerprint density at radius 3 is 2.36 bits per heavy atom. The fraction of sp³-hybridized carbons (Fsp3) is 0.594. The molecule has 0 aliphatic heterocycles. The van der Waals surface area contributed by atoms with Crippen LogP contribution in [-0.2, 0) is 27.4 Å². The molecule has 1 aromatic carbocycles. The van der Waals surface area contributed by atoms with Gasteiger partial charge in [-0.25, -0.2) is 14.7 Å². The zero-order valence-corrected chi connectivity index (χ0v) is 25.4. The van der Waals surface area contributed by atoms with Crippen LogP contribution in [-0.4, -0.2) is 49.8 Å². The molecule has 0 atom stereocenters. The lowest BCUT2D eigenvalue weighted by molar-refractivity contribution is -0.143. The van der Waals surface area contributed by atoms with Gasteiger partial charge in [-0.15, -0.1) is 0 Å². The molecule has 3 aromatic rings. The minimum Gasteiger partial charge on any atom is -0.465 e. The lowest BCUT2D eigenvalue weighted by Crippen LogP contribution is -2.37. The predicted molar refractivity (Wildman–Crippen MR) is 163 cm³/mol. The van der Waals surface area contributed by atoms with E-state index >= 15 is 0 Å². The van der Waals surface area contributed by atoms with Crippen LogP contribution in [0.5, 0.6) is 0 Å². The summed E-state index contributed by atoms with van der Waals surface area (Å²) in [6.07, 6.45) is 11.7. The summed E-state index contributed by atoms with van der Waals surface area (Å²) >= 11 is 0. The molecule has 0 saturated heterocycles. The first-order valence-corrected chi connectivity index (χ1v) is 15.4. The van der Waals surface area contributed by atoms with Crippen molar-refractivity contribution in [2.24, 2.45) is 0 Å². The van der Waals surface area contributed by atoms with Crippen LogP contribution in [0, 0.1) is 0 Å². The molecular weight excluding hydrogens is 532 g/mol. The lowest BCUT2D eigenvalue weighted by atomic mass is 9.84. The highest BCUT2D eigenvalue weighted by Crippen LogP contribution is 2.33. The summed E-state index contributed by atoms with van der Waals surface area (Å²) in [5.41, 5.74) is 2.60. The van der Waals surface area contributed by atoms with Crippen LogP contribution >= 0.6 is 0 Å². The molecule has 10 heteroatoms. The number of ether oxygens (including phenoxy) is 2. The number of hydrogen-bond acceptors (Lipinski definition) is 8. The third kappa shape index (κ3) is 7.38. The summed E-state index contributed by atoms with van der Waals surface area (Å²) < 4.78 is 12.6. The van der Waals surface area contributed by atoms with Gasteiger partial charge in [0.1, 0.15) is 12.1 Å². The quantitative estimate of drug-likeness (QED) is 0.279. The number of amides is 1. The van der Waals surface area contributed by atoms with E-state index in [-0.39, 0.29) is 37.7 Å². The van der Waals surface area contributed by atoms with E-state index < -0.39 is 11.7 Å². The van der Waals surface area contributed by atoms with Crippen molar-refractivity contribution in [3.05, 3.63) is 41.7 Å². The first-order chi connectivity index (χ1) is 20.2. The fourth-order valence-electron chi connectivity index (χ4n) is 5.93. The van der Waals surface area contributed by atoms with Gasteiger partial charge in [-0.1, -0.05) is 56.4 Å². The van der Waals surface area contributed by atoms with Gasteiger partial charge >= 0.3 is 12.1 Å². The van der Waals surface area contributed by atoms with Crippen molar-refractivity contribution >= 4 is 35.0 Å². The monoisotopic (exact) mass is 576 g/mol. The molecule has 2 aliphatic rings. The normalized spacial score (nSPS) is 16.5. The van der Waals surface area contributed by atoms with Crippen LogP contribution in [0.15, 0.2) is 30.6 Å². The molecule has 0 unspecified atom stereocenters. The maximum atomic E-state index is 13.7. The number of carbonyl (C=O) groups is 2. The lowest BCUT2D eigenvalue weighted by Gasteiger charge is -2.27. The first-order valence-electron chi connectivity index (χ1n) is 15.4. The van der Waals surface area contributed by atoms with E-state index in [4.69, 9.17) is 19.4 Å². The molecule has 0 bridgehead atoms. The SMILES string of the molecule is CCOC(=O)Cn1cnc2c(NC3CCCC3)nc(N(Cc3ccc(C4CCCCC4)cc3)C(=O)OC(C)(C)C)nc21. The molecule has 1 amide bonds. The molecular formula is C32H44N6O4. The van der Waals surface area contributed by atoms with E-state index in [1.54, 1.807) is 17.8 Å². The molecule has 0 radical (unpaired) electrons. The van der Waals surface area contributed by atoms with Crippen LogP contribution in [0.2, 0.25) is 0 Å². The van der Waals surface area contributed by atoms with E-state index in [0.717, 1.165) is 31.2 Å². The topological polar surface area (TPSA) is 111 Å². The molecule has 10 nitrogen and oxygen atoms in total. The molecule has 226 valence electrons. The average Bonchev–Trinajstić information content (AvgIpc) is 3.62. The van der Waals surface area contributed by atoms with E-state index in [0.29, 0.717) is 22.9 Å². The van der Waals surface area contributed by atoms with Gasteiger partial charge in [0.2, 0.25) is 5.95 Å². The third-order valence-electron chi connectivity index (χ3n) is 8.01. The highest BCUT2D eigenvalue weighted by Gasteiger charge is 2.29. The molecule has 0 spiro atoms.